The van der Waals surface area contributed by atoms with Crippen LogP contribution in [-0.2, 0) is 24.4 Å². The number of nitrogens with zero attached hydrogens (tertiary/aromatic N) is 2. The summed E-state index contributed by atoms with van der Waals surface area (Å²) in [6, 6.07) is 0. The maximum atomic E-state index is 9.44. The lowest BCUT2D eigenvalue weighted by atomic mass is 10.2. The standard InChI is InChI=1S/C10H20N2.H2O7S2/c1-3-4-5-6-7-12-9-8-11(2)10-12;1-8(2,3)7-9(4,5)6/h8-9H,3-7,10H2,1-2H3;(H,1,2,3)(H,4,5,6). The molecule has 9 nitrogen and oxygen atoms in total. The van der Waals surface area contributed by atoms with E-state index in [1.165, 1.54) is 32.2 Å². The van der Waals surface area contributed by atoms with Gasteiger partial charge in [-0.25, -0.2) is 0 Å². The molecule has 1 rings (SSSR count). The van der Waals surface area contributed by atoms with Crippen molar-refractivity contribution in [1.29, 1.82) is 0 Å². The summed E-state index contributed by atoms with van der Waals surface area (Å²) in [5, 5.41) is 0. The molecular formula is C10H22N2O7S2. The fourth-order valence-corrected chi connectivity index (χ4v) is 2.45. The van der Waals surface area contributed by atoms with E-state index in [1.54, 1.807) is 0 Å². The minimum Gasteiger partial charge on any atom is -0.362 e. The Kier molecular flexibility index (Phi) is 8.82. The van der Waals surface area contributed by atoms with Gasteiger partial charge in [0.1, 0.15) is 0 Å². The summed E-state index contributed by atoms with van der Waals surface area (Å²) in [6.07, 6.45) is 9.76. The Morgan fingerprint density at radius 1 is 1.05 bits per heavy atom. The van der Waals surface area contributed by atoms with Crippen LogP contribution >= 0.6 is 0 Å². The smallest absolute Gasteiger partial charge is 0.362 e. The highest BCUT2D eigenvalue weighted by atomic mass is 32.3. The van der Waals surface area contributed by atoms with Gasteiger partial charge in [0, 0.05) is 26.0 Å². The van der Waals surface area contributed by atoms with Crippen LogP contribution in [0.4, 0.5) is 0 Å². The summed E-state index contributed by atoms with van der Waals surface area (Å²) >= 11 is 0. The van der Waals surface area contributed by atoms with E-state index >= 15 is 0 Å². The molecule has 0 aliphatic carbocycles. The van der Waals surface area contributed by atoms with E-state index in [0.717, 1.165) is 6.67 Å². The van der Waals surface area contributed by atoms with E-state index in [1.807, 2.05) is 0 Å². The third-order valence-electron chi connectivity index (χ3n) is 2.41. The summed E-state index contributed by atoms with van der Waals surface area (Å²) in [5.74, 6) is 0. The summed E-state index contributed by atoms with van der Waals surface area (Å²) in [6.45, 7) is 4.55. The molecular weight excluding hydrogens is 324 g/mol. The summed E-state index contributed by atoms with van der Waals surface area (Å²) in [7, 11) is -8.13. The third-order valence-corrected chi connectivity index (χ3v) is 3.78. The van der Waals surface area contributed by atoms with E-state index < -0.39 is 20.8 Å². The zero-order valence-corrected chi connectivity index (χ0v) is 13.7. The van der Waals surface area contributed by atoms with Crippen LogP contribution in [0.25, 0.3) is 0 Å². The average Bonchev–Trinajstić information content (AvgIpc) is 2.66. The average molecular weight is 346 g/mol. The molecule has 0 aromatic carbocycles. The van der Waals surface area contributed by atoms with Crippen molar-refractivity contribution in [3.63, 3.8) is 0 Å². The lowest BCUT2D eigenvalue weighted by molar-refractivity contribution is 0.291. The Morgan fingerprint density at radius 2 is 1.62 bits per heavy atom. The molecule has 0 aromatic rings. The summed E-state index contributed by atoms with van der Waals surface area (Å²) < 4.78 is 55.6. The van der Waals surface area contributed by atoms with E-state index in [-0.39, 0.29) is 0 Å². The Hall–Kier alpha value is -0.880. The SMILES string of the molecule is CCCCCCN1C=CN(C)C1.O=S(=O)(O)OS(=O)(=O)O. The molecule has 1 aliphatic heterocycles. The van der Waals surface area contributed by atoms with Crippen molar-refractivity contribution < 1.29 is 29.6 Å². The Balaban J connectivity index is 0.000000400. The molecule has 0 aromatic heterocycles. The van der Waals surface area contributed by atoms with Gasteiger partial charge in [-0.05, 0) is 6.42 Å². The maximum absolute atomic E-state index is 9.44. The van der Waals surface area contributed by atoms with Crippen LogP contribution in [0.2, 0.25) is 0 Å². The summed E-state index contributed by atoms with van der Waals surface area (Å²) in [5.41, 5.74) is 0. The number of hydrogen-bond donors (Lipinski definition) is 2. The van der Waals surface area contributed by atoms with Gasteiger partial charge in [0.2, 0.25) is 0 Å². The highest BCUT2D eigenvalue weighted by Crippen LogP contribution is 2.06. The van der Waals surface area contributed by atoms with Gasteiger partial charge in [-0.1, -0.05) is 26.2 Å². The predicted molar refractivity (Wildman–Crippen MR) is 76.8 cm³/mol. The Bertz CT molecular complexity index is 486. The Labute approximate surface area is 126 Å². The highest BCUT2D eigenvalue weighted by molar-refractivity contribution is 7.94. The molecule has 0 radical (unpaired) electrons. The first kappa shape index (κ1) is 20.1. The molecule has 126 valence electrons. The van der Waals surface area contributed by atoms with Crippen molar-refractivity contribution in [2.75, 3.05) is 20.3 Å². The van der Waals surface area contributed by atoms with Gasteiger partial charge in [-0.2, -0.15) is 16.8 Å². The molecule has 11 heteroatoms. The maximum Gasteiger partial charge on any atom is 0.413 e. The van der Waals surface area contributed by atoms with Gasteiger partial charge in [-0.15, -0.1) is 3.63 Å². The second-order valence-electron chi connectivity index (χ2n) is 4.49. The lowest BCUT2D eigenvalue weighted by Gasteiger charge is -2.17. The first-order chi connectivity index (χ1) is 9.53. The minimum absolute atomic E-state index is 1.08. The number of unbranched alkanes of at least 4 members (excludes halogenated alkanes) is 3. The van der Waals surface area contributed by atoms with Gasteiger partial charge in [0.05, 0.1) is 6.67 Å². The third kappa shape index (κ3) is 13.8. The molecule has 1 heterocycles. The second kappa shape index (κ2) is 9.20. The van der Waals surface area contributed by atoms with E-state index in [0.29, 0.717) is 0 Å². The van der Waals surface area contributed by atoms with Gasteiger partial charge >= 0.3 is 20.8 Å². The topological polar surface area (TPSA) is 124 Å². The lowest BCUT2D eigenvalue weighted by Crippen LogP contribution is -2.23. The summed E-state index contributed by atoms with van der Waals surface area (Å²) in [4.78, 5) is 4.58. The normalized spacial score (nSPS) is 15.0. The van der Waals surface area contributed by atoms with Crippen LogP contribution in [0, 0.1) is 0 Å². The zero-order chi connectivity index (χ0) is 16.5. The highest BCUT2D eigenvalue weighted by Gasteiger charge is 2.15. The molecule has 0 saturated heterocycles. The van der Waals surface area contributed by atoms with Crippen LogP contribution in [-0.4, -0.2) is 56.0 Å². The van der Waals surface area contributed by atoms with Crippen molar-refractivity contribution in [1.82, 2.24) is 9.80 Å². The molecule has 0 fully saturated rings. The van der Waals surface area contributed by atoms with Crippen molar-refractivity contribution in [2.24, 2.45) is 0 Å². The van der Waals surface area contributed by atoms with E-state index in [2.05, 4.69) is 39.8 Å². The fraction of sp³-hybridized carbons (Fsp3) is 0.800. The minimum atomic E-state index is -5.12. The first-order valence-electron chi connectivity index (χ1n) is 6.32. The molecule has 0 saturated carbocycles. The van der Waals surface area contributed by atoms with Crippen LogP contribution in [0.1, 0.15) is 32.6 Å². The van der Waals surface area contributed by atoms with Gasteiger partial charge in [0.25, 0.3) is 0 Å². The monoisotopic (exact) mass is 346 g/mol. The first-order valence-corrected chi connectivity index (χ1v) is 9.05. The van der Waals surface area contributed by atoms with Gasteiger partial charge < -0.3 is 9.80 Å². The molecule has 0 atom stereocenters. The largest absolute Gasteiger partial charge is 0.413 e. The molecule has 2 N–H and O–H groups in total. The molecule has 0 bridgehead atoms. The van der Waals surface area contributed by atoms with Gasteiger partial charge in [-0.3, -0.25) is 9.11 Å². The quantitative estimate of drug-likeness (QED) is 0.510. The molecule has 1 aliphatic rings. The van der Waals surface area contributed by atoms with Crippen molar-refractivity contribution in [3.8, 4) is 0 Å². The van der Waals surface area contributed by atoms with Gasteiger partial charge in [0.15, 0.2) is 0 Å². The van der Waals surface area contributed by atoms with E-state index in [4.69, 9.17) is 9.11 Å². The molecule has 0 amide bonds. The Morgan fingerprint density at radius 3 is 1.95 bits per heavy atom. The number of rotatable bonds is 7. The molecule has 0 unspecified atom stereocenters. The van der Waals surface area contributed by atoms with Crippen LogP contribution in [0.3, 0.4) is 0 Å². The van der Waals surface area contributed by atoms with Crippen molar-refractivity contribution in [2.45, 2.75) is 32.6 Å². The van der Waals surface area contributed by atoms with E-state index in [9.17, 15) is 16.8 Å². The fourth-order valence-electron chi connectivity index (χ4n) is 1.58. The van der Waals surface area contributed by atoms with Crippen LogP contribution in [0.5, 0.6) is 0 Å². The van der Waals surface area contributed by atoms with Crippen molar-refractivity contribution in [3.05, 3.63) is 12.4 Å². The number of hydrogen-bond acceptors (Lipinski definition) is 7. The van der Waals surface area contributed by atoms with Crippen LogP contribution in [0.15, 0.2) is 12.4 Å². The molecule has 21 heavy (non-hydrogen) atoms. The van der Waals surface area contributed by atoms with Crippen LogP contribution < -0.4 is 0 Å². The second-order valence-corrected chi connectivity index (χ2v) is 6.75. The van der Waals surface area contributed by atoms with Crippen molar-refractivity contribution >= 4 is 20.8 Å². The molecule has 0 spiro atoms. The predicted octanol–water partition coefficient (Wildman–Crippen LogP) is 0.851. The zero-order valence-electron chi connectivity index (χ0n) is 12.0.